The fourth-order valence-corrected chi connectivity index (χ4v) is 5.72. The van der Waals surface area contributed by atoms with Crippen molar-refractivity contribution in [2.75, 3.05) is 10.2 Å². The van der Waals surface area contributed by atoms with Gasteiger partial charge in [-0.15, -0.1) is 11.3 Å². The second kappa shape index (κ2) is 8.70. The van der Waals surface area contributed by atoms with Crippen LogP contribution in [0.1, 0.15) is 25.5 Å². The van der Waals surface area contributed by atoms with Crippen molar-refractivity contribution in [1.82, 2.24) is 19.3 Å². The Morgan fingerprint density at radius 3 is 2.51 bits per heavy atom. The van der Waals surface area contributed by atoms with Gasteiger partial charge in [-0.2, -0.15) is 5.10 Å². The molecule has 1 saturated heterocycles. The van der Waals surface area contributed by atoms with Crippen molar-refractivity contribution in [3.05, 3.63) is 101 Å². The number of aryl methyl sites for hydroxylation is 1. The molecule has 5 aromatic rings. The third-order valence-corrected chi connectivity index (χ3v) is 7.84. The van der Waals surface area contributed by atoms with Gasteiger partial charge in [-0.05, 0) is 43.7 Å². The number of anilines is 2. The minimum absolute atomic E-state index is 0.0419. The van der Waals surface area contributed by atoms with E-state index >= 15 is 0 Å². The summed E-state index contributed by atoms with van der Waals surface area (Å²) in [6.45, 7) is 3.99. The number of amides is 1. The number of carbonyl (C=O) groups excluding carboxylic acids is 1. The molecule has 4 heterocycles. The SMILES string of the molecule is Cn1cc(-n2ncc3cc(N4C(=O)C(C)(C)[C@H](Nc5nccs5)[C@@H]4c4ccccc4)ccc32)ccc1=O. The maximum absolute atomic E-state index is 14.0. The number of pyridine rings is 1. The van der Waals surface area contributed by atoms with Crippen LogP contribution in [0.3, 0.4) is 0 Å². The largest absolute Gasteiger partial charge is 0.355 e. The monoisotopic (exact) mass is 510 g/mol. The average molecular weight is 511 g/mol. The quantitative estimate of drug-likeness (QED) is 0.368. The highest BCUT2D eigenvalue weighted by molar-refractivity contribution is 7.13. The Balaban J connectivity index is 1.45. The summed E-state index contributed by atoms with van der Waals surface area (Å²) in [6.07, 6.45) is 5.32. The minimum Gasteiger partial charge on any atom is -0.355 e. The molecular formula is C28H26N6O2S. The van der Waals surface area contributed by atoms with Crippen molar-refractivity contribution >= 4 is 39.0 Å². The summed E-state index contributed by atoms with van der Waals surface area (Å²) in [5.41, 5.74) is 2.78. The third kappa shape index (κ3) is 3.82. The molecule has 0 bridgehead atoms. The van der Waals surface area contributed by atoms with E-state index < -0.39 is 5.41 Å². The molecular weight excluding hydrogens is 484 g/mol. The molecule has 0 radical (unpaired) electrons. The Morgan fingerprint density at radius 2 is 1.78 bits per heavy atom. The highest BCUT2D eigenvalue weighted by Gasteiger charge is 2.55. The van der Waals surface area contributed by atoms with Gasteiger partial charge in [0.15, 0.2) is 5.13 Å². The summed E-state index contributed by atoms with van der Waals surface area (Å²) in [6, 6.07) is 19.0. The molecule has 1 N–H and O–H groups in total. The van der Waals surface area contributed by atoms with Crippen LogP contribution in [-0.2, 0) is 11.8 Å². The van der Waals surface area contributed by atoms with Gasteiger partial charge in [-0.3, -0.25) is 9.59 Å². The maximum atomic E-state index is 14.0. The van der Waals surface area contributed by atoms with Crippen molar-refractivity contribution < 1.29 is 4.79 Å². The molecule has 1 amide bonds. The fraction of sp³-hybridized carbons (Fsp3) is 0.214. The van der Waals surface area contributed by atoms with E-state index in [1.54, 1.807) is 36.4 Å². The Bertz CT molecular complexity index is 1660. The van der Waals surface area contributed by atoms with Gasteiger partial charge < -0.3 is 14.8 Å². The van der Waals surface area contributed by atoms with Crippen LogP contribution in [0, 0.1) is 5.41 Å². The van der Waals surface area contributed by atoms with Gasteiger partial charge in [-0.1, -0.05) is 30.3 Å². The van der Waals surface area contributed by atoms with Crippen LogP contribution in [0.4, 0.5) is 10.8 Å². The topological polar surface area (TPSA) is 85.1 Å². The van der Waals surface area contributed by atoms with Crippen LogP contribution >= 0.6 is 11.3 Å². The highest BCUT2D eigenvalue weighted by Crippen LogP contribution is 2.48. The van der Waals surface area contributed by atoms with Crippen molar-refractivity contribution in [2.45, 2.75) is 25.9 Å². The Labute approximate surface area is 217 Å². The molecule has 0 spiro atoms. The lowest BCUT2D eigenvalue weighted by Crippen LogP contribution is -2.37. The standard InChI is InChI=1S/C28H26N6O2S/c1-28(2)25(31-27-29-13-14-37-27)24(18-7-5-4-6-8-18)33(26(28)36)20-9-11-22-19(15-20)16-30-34(22)21-10-12-23(35)32(3)17-21/h4-17,24-25H,1-3H3,(H,29,31)/t24-,25+/m0/s1. The second-order valence-corrected chi connectivity index (χ2v) is 10.7. The number of nitrogens with zero attached hydrogens (tertiary/aromatic N) is 5. The molecule has 0 aliphatic carbocycles. The molecule has 9 heteroatoms. The molecule has 186 valence electrons. The van der Waals surface area contributed by atoms with E-state index in [1.807, 2.05) is 60.5 Å². The van der Waals surface area contributed by atoms with Crippen LogP contribution in [0.25, 0.3) is 16.6 Å². The normalized spacial score (nSPS) is 19.0. The van der Waals surface area contributed by atoms with Gasteiger partial charge in [0, 0.05) is 42.0 Å². The van der Waals surface area contributed by atoms with Crippen LogP contribution in [-0.4, -0.2) is 31.3 Å². The summed E-state index contributed by atoms with van der Waals surface area (Å²) < 4.78 is 3.33. The molecule has 0 unspecified atom stereocenters. The maximum Gasteiger partial charge on any atom is 0.250 e. The van der Waals surface area contributed by atoms with E-state index in [1.165, 1.54) is 22.0 Å². The van der Waals surface area contributed by atoms with E-state index in [9.17, 15) is 9.59 Å². The van der Waals surface area contributed by atoms with Gasteiger partial charge in [-0.25, -0.2) is 9.67 Å². The summed E-state index contributed by atoms with van der Waals surface area (Å²) in [5, 5.41) is 11.8. The molecule has 6 rings (SSSR count). The summed E-state index contributed by atoms with van der Waals surface area (Å²) in [4.78, 5) is 32.2. The molecule has 1 aliphatic heterocycles. The first-order chi connectivity index (χ1) is 17.8. The van der Waals surface area contributed by atoms with E-state index in [0.717, 1.165) is 33.0 Å². The molecule has 0 saturated carbocycles. The van der Waals surface area contributed by atoms with E-state index in [2.05, 4.69) is 27.5 Å². The zero-order valence-corrected chi connectivity index (χ0v) is 21.5. The first-order valence-electron chi connectivity index (χ1n) is 12.0. The Hall–Kier alpha value is -4.24. The number of nitrogens with one attached hydrogen (secondary N) is 1. The molecule has 1 fully saturated rings. The van der Waals surface area contributed by atoms with E-state index in [0.29, 0.717) is 0 Å². The van der Waals surface area contributed by atoms with Gasteiger partial charge in [0.2, 0.25) is 11.5 Å². The predicted octanol–water partition coefficient (Wildman–Crippen LogP) is 4.78. The van der Waals surface area contributed by atoms with Gasteiger partial charge in [0.25, 0.3) is 0 Å². The smallest absolute Gasteiger partial charge is 0.250 e. The zero-order valence-electron chi connectivity index (χ0n) is 20.7. The first kappa shape index (κ1) is 23.2. The van der Waals surface area contributed by atoms with Crippen LogP contribution in [0.2, 0.25) is 0 Å². The minimum atomic E-state index is -0.680. The third-order valence-electron chi connectivity index (χ3n) is 7.14. The van der Waals surface area contributed by atoms with Crippen molar-refractivity contribution in [3.8, 4) is 5.69 Å². The molecule has 8 nitrogen and oxygen atoms in total. The Kier molecular flexibility index (Phi) is 5.45. The summed E-state index contributed by atoms with van der Waals surface area (Å²) in [7, 11) is 1.72. The number of fused-ring (bicyclic) bond motifs is 1. The van der Waals surface area contributed by atoms with Crippen LogP contribution in [0.5, 0.6) is 0 Å². The zero-order chi connectivity index (χ0) is 25.7. The van der Waals surface area contributed by atoms with Gasteiger partial charge >= 0.3 is 0 Å². The summed E-state index contributed by atoms with van der Waals surface area (Å²) in [5.74, 6) is 0.0419. The van der Waals surface area contributed by atoms with Crippen LogP contribution in [0.15, 0.2) is 89.4 Å². The lowest BCUT2D eigenvalue weighted by molar-refractivity contribution is -0.124. The van der Waals surface area contributed by atoms with Crippen LogP contribution < -0.4 is 15.8 Å². The van der Waals surface area contributed by atoms with Gasteiger partial charge in [0.1, 0.15) is 0 Å². The fourth-order valence-electron chi connectivity index (χ4n) is 5.15. The van der Waals surface area contributed by atoms with Crippen molar-refractivity contribution in [3.63, 3.8) is 0 Å². The number of benzene rings is 2. The lowest BCUT2D eigenvalue weighted by atomic mass is 9.82. The average Bonchev–Trinajstić information content (AvgIpc) is 3.61. The molecule has 2 atom stereocenters. The van der Waals surface area contributed by atoms with Gasteiger partial charge in [0.05, 0.1) is 34.9 Å². The number of carbonyl (C=O) groups is 1. The number of hydrogen-bond acceptors (Lipinski definition) is 6. The molecule has 2 aromatic carbocycles. The first-order valence-corrected chi connectivity index (χ1v) is 12.9. The molecule has 37 heavy (non-hydrogen) atoms. The van der Waals surface area contributed by atoms with E-state index in [-0.39, 0.29) is 23.6 Å². The number of rotatable bonds is 5. The molecule has 3 aromatic heterocycles. The van der Waals surface area contributed by atoms with Crippen molar-refractivity contribution in [2.24, 2.45) is 12.5 Å². The van der Waals surface area contributed by atoms with Crippen molar-refractivity contribution in [1.29, 1.82) is 0 Å². The number of aromatic nitrogens is 4. The highest BCUT2D eigenvalue weighted by atomic mass is 32.1. The summed E-state index contributed by atoms with van der Waals surface area (Å²) >= 11 is 1.53. The lowest BCUT2D eigenvalue weighted by Gasteiger charge is -2.30. The predicted molar refractivity (Wildman–Crippen MR) is 146 cm³/mol. The number of thiazole rings is 1. The Morgan fingerprint density at radius 1 is 1.00 bits per heavy atom. The number of hydrogen-bond donors (Lipinski definition) is 1. The molecule has 1 aliphatic rings. The van der Waals surface area contributed by atoms with E-state index in [4.69, 9.17) is 0 Å². The second-order valence-electron chi connectivity index (χ2n) is 9.85.